The number of nitrogens with zero attached hydrogens (tertiary/aromatic N) is 2. The molecular weight excluding hydrogens is 262 g/mol. The van der Waals surface area contributed by atoms with Gasteiger partial charge in [0.2, 0.25) is 0 Å². The summed E-state index contributed by atoms with van der Waals surface area (Å²) in [7, 11) is 0. The highest BCUT2D eigenvalue weighted by Gasteiger charge is 2.21. The van der Waals surface area contributed by atoms with Gasteiger partial charge >= 0.3 is 0 Å². The smallest absolute Gasteiger partial charge is 0.179 e. The standard InChI is InChI=1S/C17H15N3O/c1-10-18-8-12(9-19-10)11-5-6-15-14(7-11)13-3-2-4-16(21)17(13)20-15/h5-9,20H,2-4H2,1H3. The minimum absolute atomic E-state index is 0.229. The molecule has 0 spiro atoms. The van der Waals surface area contributed by atoms with Crippen LogP contribution >= 0.6 is 0 Å². The van der Waals surface area contributed by atoms with Crippen LogP contribution in [0.15, 0.2) is 30.6 Å². The van der Waals surface area contributed by atoms with Gasteiger partial charge in [-0.3, -0.25) is 4.79 Å². The summed E-state index contributed by atoms with van der Waals surface area (Å²) < 4.78 is 0. The van der Waals surface area contributed by atoms with Crippen molar-refractivity contribution >= 4 is 16.7 Å². The number of aromatic nitrogens is 3. The van der Waals surface area contributed by atoms with E-state index in [1.807, 2.05) is 31.5 Å². The molecule has 0 aliphatic heterocycles. The van der Waals surface area contributed by atoms with Crippen LogP contribution in [0, 0.1) is 6.92 Å². The molecule has 104 valence electrons. The Balaban J connectivity index is 1.89. The molecule has 4 heteroatoms. The van der Waals surface area contributed by atoms with E-state index in [0.717, 1.165) is 52.0 Å². The predicted octanol–water partition coefficient (Wildman–Crippen LogP) is 3.45. The van der Waals surface area contributed by atoms with Gasteiger partial charge in [0.15, 0.2) is 5.78 Å². The van der Waals surface area contributed by atoms with E-state index >= 15 is 0 Å². The second-order valence-corrected chi connectivity index (χ2v) is 5.53. The quantitative estimate of drug-likeness (QED) is 0.741. The fourth-order valence-electron chi connectivity index (χ4n) is 3.02. The van der Waals surface area contributed by atoms with Gasteiger partial charge in [-0.25, -0.2) is 9.97 Å². The number of hydrogen-bond acceptors (Lipinski definition) is 3. The molecule has 1 N–H and O–H groups in total. The second kappa shape index (κ2) is 4.52. The number of nitrogens with one attached hydrogen (secondary N) is 1. The Kier molecular flexibility index (Phi) is 2.64. The number of Topliss-reactive ketones (excluding diaryl/α,β-unsaturated/α-hetero) is 1. The average molecular weight is 277 g/mol. The van der Waals surface area contributed by atoms with Gasteiger partial charge in [-0.1, -0.05) is 6.07 Å². The van der Waals surface area contributed by atoms with E-state index < -0.39 is 0 Å². The molecule has 1 aliphatic rings. The van der Waals surface area contributed by atoms with Crippen molar-refractivity contribution in [1.29, 1.82) is 0 Å². The number of fused-ring (bicyclic) bond motifs is 3. The number of rotatable bonds is 1. The molecule has 2 heterocycles. The number of benzene rings is 1. The third-order valence-electron chi connectivity index (χ3n) is 4.13. The van der Waals surface area contributed by atoms with Crippen molar-refractivity contribution in [2.24, 2.45) is 0 Å². The van der Waals surface area contributed by atoms with Crippen LogP contribution in [0.5, 0.6) is 0 Å². The zero-order chi connectivity index (χ0) is 14.4. The van der Waals surface area contributed by atoms with Crippen molar-refractivity contribution in [3.05, 3.63) is 47.7 Å². The van der Waals surface area contributed by atoms with Crippen LogP contribution in [0.2, 0.25) is 0 Å². The third kappa shape index (κ3) is 1.95. The molecule has 0 saturated carbocycles. The van der Waals surface area contributed by atoms with Gasteiger partial charge in [-0.2, -0.15) is 0 Å². The van der Waals surface area contributed by atoms with Crippen LogP contribution in [0.25, 0.3) is 22.0 Å². The Morgan fingerprint density at radius 1 is 1.10 bits per heavy atom. The van der Waals surface area contributed by atoms with Crippen molar-refractivity contribution in [1.82, 2.24) is 15.0 Å². The minimum atomic E-state index is 0.229. The maximum Gasteiger partial charge on any atom is 0.179 e. The number of aromatic amines is 1. The van der Waals surface area contributed by atoms with E-state index in [0.29, 0.717) is 6.42 Å². The molecule has 0 fully saturated rings. The summed E-state index contributed by atoms with van der Waals surface area (Å²) in [4.78, 5) is 23.8. The highest BCUT2D eigenvalue weighted by Crippen LogP contribution is 2.32. The Morgan fingerprint density at radius 2 is 1.90 bits per heavy atom. The van der Waals surface area contributed by atoms with E-state index in [-0.39, 0.29) is 5.78 Å². The summed E-state index contributed by atoms with van der Waals surface area (Å²) in [5, 5.41) is 1.15. The van der Waals surface area contributed by atoms with Crippen LogP contribution in [0.1, 0.15) is 34.7 Å². The molecule has 0 atom stereocenters. The van der Waals surface area contributed by atoms with E-state index in [1.54, 1.807) is 0 Å². The van der Waals surface area contributed by atoms with Crippen LogP contribution < -0.4 is 0 Å². The first kappa shape index (κ1) is 12.3. The molecule has 21 heavy (non-hydrogen) atoms. The van der Waals surface area contributed by atoms with Crippen LogP contribution in [0.4, 0.5) is 0 Å². The van der Waals surface area contributed by atoms with Gasteiger partial charge in [0, 0.05) is 35.3 Å². The molecule has 0 amide bonds. The van der Waals surface area contributed by atoms with Gasteiger partial charge in [0.05, 0.1) is 5.69 Å². The molecule has 1 aromatic carbocycles. The lowest BCUT2D eigenvalue weighted by molar-refractivity contribution is 0.0968. The van der Waals surface area contributed by atoms with Gasteiger partial charge in [0.25, 0.3) is 0 Å². The fraction of sp³-hybridized carbons (Fsp3) is 0.235. The molecule has 0 radical (unpaired) electrons. The van der Waals surface area contributed by atoms with Gasteiger partial charge < -0.3 is 4.98 Å². The lowest BCUT2D eigenvalue weighted by atomic mass is 9.94. The first-order valence-corrected chi connectivity index (χ1v) is 7.19. The molecule has 4 nitrogen and oxygen atoms in total. The molecule has 3 aromatic rings. The van der Waals surface area contributed by atoms with E-state index in [2.05, 4.69) is 21.0 Å². The monoisotopic (exact) mass is 277 g/mol. The summed E-state index contributed by atoms with van der Waals surface area (Å²) in [6, 6.07) is 6.22. The van der Waals surface area contributed by atoms with E-state index in [4.69, 9.17) is 0 Å². The van der Waals surface area contributed by atoms with Crippen molar-refractivity contribution < 1.29 is 4.79 Å². The number of carbonyl (C=O) groups excluding carboxylic acids is 1. The third-order valence-corrected chi connectivity index (χ3v) is 4.13. The highest BCUT2D eigenvalue weighted by molar-refractivity contribution is 6.04. The molecule has 0 unspecified atom stereocenters. The van der Waals surface area contributed by atoms with Crippen molar-refractivity contribution in [2.75, 3.05) is 0 Å². The fourth-order valence-corrected chi connectivity index (χ4v) is 3.02. The molecule has 2 aromatic heterocycles. The Morgan fingerprint density at radius 3 is 2.71 bits per heavy atom. The zero-order valence-electron chi connectivity index (χ0n) is 11.8. The van der Waals surface area contributed by atoms with E-state index in [9.17, 15) is 4.79 Å². The molecule has 4 rings (SSSR count). The number of ketones is 1. The van der Waals surface area contributed by atoms with Crippen LogP contribution in [-0.4, -0.2) is 20.7 Å². The van der Waals surface area contributed by atoms with Crippen molar-refractivity contribution in [2.45, 2.75) is 26.2 Å². The number of hydrogen-bond donors (Lipinski definition) is 1. The number of carbonyl (C=O) groups is 1. The highest BCUT2D eigenvalue weighted by atomic mass is 16.1. The maximum absolute atomic E-state index is 12.0. The normalized spacial score (nSPS) is 14.4. The van der Waals surface area contributed by atoms with Crippen molar-refractivity contribution in [3.63, 3.8) is 0 Å². The molecule has 0 saturated heterocycles. The predicted molar refractivity (Wildman–Crippen MR) is 81.3 cm³/mol. The topological polar surface area (TPSA) is 58.6 Å². The minimum Gasteiger partial charge on any atom is -0.352 e. The first-order valence-electron chi connectivity index (χ1n) is 7.19. The molecular formula is C17H15N3O. The SMILES string of the molecule is Cc1ncc(-c2ccc3[nH]c4c(c3c2)CCCC4=O)cn1. The Hall–Kier alpha value is -2.49. The summed E-state index contributed by atoms with van der Waals surface area (Å²) >= 11 is 0. The van der Waals surface area contributed by atoms with Crippen LogP contribution in [0.3, 0.4) is 0 Å². The number of H-pyrrole nitrogens is 1. The van der Waals surface area contributed by atoms with Gasteiger partial charge in [-0.05, 0) is 43.0 Å². The van der Waals surface area contributed by atoms with Gasteiger partial charge in [0.1, 0.15) is 5.82 Å². The molecule has 1 aliphatic carbocycles. The molecule has 0 bridgehead atoms. The summed E-state index contributed by atoms with van der Waals surface area (Å²) in [6.45, 7) is 1.88. The number of aryl methyl sites for hydroxylation is 2. The summed E-state index contributed by atoms with van der Waals surface area (Å²) in [6.07, 6.45) is 6.24. The Labute approximate surface area is 122 Å². The lowest BCUT2D eigenvalue weighted by Crippen LogP contribution is -2.09. The summed E-state index contributed by atoms with van der Waals surface area (Å²) in [5.41, 5.74) is 5.08. The lowest BCUT2D eigenvalue weighted by Gasteiger charge is -2.09. The van der Waals surface area contributed by atoms with Gasteiger partial charge in [-0.15, -0.1) is 0 Å². The maximum atomic E-state index is 12.0. The Bertz CT molecular complexity index is 846. The van der Waals surface area contributed by atoms with Crippen molar-refractivity contribution in [3.8, 4) is 11.1 Å². The second-order valence-electron chi connectivity index (χ2n) is 5.53. The largest absolute Gasteiger partial charge is 0.352 e. The first-order chi connectivity index (χ1) is 10.2. The van der Waals surface area contributed by atoms with E-state index in [1.165, 1.54) is 0 Å². The summed E-state index contributed by atoms with van der Waals surface area (Å²) in [5.74, 6) is 0.997. The average Bonchev–Trinajstić information content (AvgIpc) is 2.87. The zero-order valence-corrected chi connectivity index (χ0v) is 11.8. The van der Waals surface area contributed by atoms with Crippen LogP contribution in [-0.2, 0) is 6.42 Å².